The lowest BCUT2D eigenvalue weighted by atomic mass is 10.2. The van der Waals surface area contributed by atoms with Gasteiger partial charge in [-0.05, 0) is 19.1 Å². The molecule has 0 amide bonds. The molecule has 1 atom stereocenters. The minimum Gasteiger partial charge on any atom is -0.497 e. The van der Waals surface area contributed by atoms with Crippen molar-refractivity contribution in [2.24, 2.45) is 14.1 Å². The zero-order chi connectivity index (χ0) is 21.3. The molecule has 0 aliphatic carbocycles. The van der Waals surface area contributed by atoms with Crippen LogP contribution in [-0.4, -0.2) is 44.5 Å². The van der Waals surface area contributed by atoms with E-state index in [0.717, 1.165) is 16.3 Å². The second kappa shape index (κ2) is 8.08. The van der Waals surface area contributed by atoms with Gasteiger partial charge in [-0.15, -0.1) is 0 Å². The molecule has 2 aromatic heterocycles. The van der Waals surface area contributed by atoms with Gasteiger partial charge < -0.3 is 9.47 Å². The summed E-state index contributed by atoms with van der Waals surface area (Å²) in [7, 11) is 5.76. The Bertz CT molecular complexity index is 1220. The zero-order valence-corrected chi connectivity index (χ0v) is 17.4. The predicted molar refractivity (Wildman–Crippen MR) is 109 cm³/mol. The molecule has 0 fully saturated rings. The lowest BCUT2D eigenvalue weighted by Gasteiger charge is -2.14. The summed E-state index contributed by atoms with van der Waals surface area (Å²) < 4.78 is 12.3. The lowest BCUT2D eigenvalue weighted by molar-refractivity contribution is -0.139. The molecule has 2 heterocycles. The number of carbonyl (C=O) groups is 1. The first kappa shape index (κ1) is 20.6. The third kappa shape index (κ3) is 3.75. The molecule has 0 bridgehead atoms. The van der Waals surface area contributed by atoms with Crippen molar-refractivity contribution in [3.05, 3.63) is 45.1 Å². The molecule has 1 aromatic carbocycles. The largest absolute Gasteiger partial charge is 0.497 e. The molecule has 0 saturated carbocycles. The van der Waals surface area contributed by atoms with Crippen LogP contribution in [0.1, 0.15) is 6.92 Å². The molecule has 0 spiro atoms. The van der Waals surface area contributed by atoms with Crippen molar-refractivity contribution >= 4 is 28.8 Å². The fraction of sp³-hybridized carbons (Fsp3) is 0.316. The molecule has 29 heavy (non-hydrogen) atoms. The number of carbonyl (C=O) groups excluding carboxylic acids is 1. The third-order valence-electron chi connectivity index (χ3n) is 4.42. The van der Waals surface area contributed by atoms with Gasteiger partial charge in [0.1, 0.15) is 21.4 Å². The van der Waals surface area contributed by atoms with Gasteiger partial charge in [0.25, 0.3) is 5.56 Å². The van der Waals surface area contributed by atoms with E-state index in [1.165, 1.54) is 25.8 Å². The summed E-state index contributed by atoms with van der Waals surface area (Å²) in [5.41, 5.74) is -0.202. The van der Waals surface area contributed by atoms with Crippen LogP contribution in [0.3, 0.4) is 0 Å². The first-order chi connectivity index (χ1) is 13.8. The maximum Gasteiger partial charge on any atom is 0.332 e. The van der Waals surface area contributed by atoms with Crippen LogP contribution >= 0.6 is 11.8 Å². The van der Waals surface area contributed by atoms with Crippen molar-refractivity contribution in [2.75, 3.05) is 14.2 Å². The Labute approximate surface area is 170 Å². The number of hydrogen-bond donors (Lipinski definition) is 0. The number of thioether (sulfide) groups is 1. The second-order valence-corrected chi connectivity index (χ2v) is 7.60. The van der Waals surface area contributed by atoms with Crippen LogP contribution in [0, 0.1) is 0 Å². The summed E-state index contributed by atoms with van der Waals surface area (Å²) in [6, 6.07) is 7.11. The average molecular weight is 416 g/mol. The van der Waals surface area contributed by atoms with Crippen molar-refractivity contribution in [3.8, 4) is 17.1 Å². The molecule has 9 nitrogen and oxygen atoms in total. The number of aryl methyl sites for hydroxylation is 1. The van der Waals surface area contributed by atoms with Gasteiger partial charge in [-0.1, -0.05) is 23.9 Å². The molecule has 10 heteroatoms. The quantitative estimate of drug-likeness (QED) is 0.349. The number of ether oxygens (including phenoxy) is 2. The average Bonchev–Trinajstić information content (AvgIpc) is 2.74. The number of benzene rings is 1. The van der Waals surface area contributed by atoms with Crippen LogP contribution in [0.25, 0.3) is 22.4 Å². The van der Waals surface area contributed by atoms with E-state index in [9.17, 15) is 14.4 Å². The molecule has 0 unspecified atom stereocenters. The highest BCUT2D eigenvalue weighted by Crippen LogP contribution is 2.30. The Morgan fingerprint density at radius 2 is 1.86 bits per heavy atom. The van der Waals surface area contributed by atoms with Gasteiger partial charge in [-0.3, -0.25) is 18.7 Å². The first-order valence-corrected chi connectivity index (χ1v) is 9.53. The summed E-state index contributed by atoms with van der Waals surface area (Å²) in [5, 5.41) is -0.151. The maximum absolute atomic E-state index is 12.8. The van der Waals surface area contributed by atoms with Gasteiger partial charge in [-0.25, -0.2) is 14.8 Å². The Morgan fingerprint density at radius 1 is 1.14 bits per heavy atom. The van der Waals surface area contributed by atoms with Crippen LogP contribution in [-0.2, 0) is 23.6 Å². The second-order valence-electron chi connectivity index (χ2n) is 6.27. The summed E-state index contributed by atoms with van der Waals surface area (Å²) in [6.07, 6.45) is 0. The van der Waals surface area contributed by atoms with Gasteiger partial charge in [0, 0.05) is 19.7 Å². The van der Waals surface area contributed by atoms with E-state index >= 15 is 0 Å². The lowest BCUT2D eigenvalue weighted by Crippen LogP contribution is -2.37. The molecule has 0 aliphatic heterocycles. The summed E-state index contributed by atoms with van der Waals surface area (Å²) >= 11 is 1.08. The van der Waals surface area contributed by atoms with Crippen LogP contribution in [0.2, 0.25) is 0 Å². The molecule has 0 N–H and O–H groups in total. The molecular weight excluding hydrogens is 396 g/mol. The van der Waals surface area contributed by atoms with E-state index in [-0.39, 0.29) is 11.0 Å². The predicted octanol–water partition coefficient (Wildman–Crippen LogP) is 1.36. The van der Waals surface area contributed by atoms with Crippen molar-refractivity contribution in [2.45, 2.75) is 17.2 Å². The van der Waals surface area contributed by atoms with E-state index in [2.05, 4.69) is 9.97 Å². The van der Waals surface area contributed by atoms with E-state index in [4.69, 9.17) is 9.47 Å². The van der Waals surface area contributed by atoms with Crippen LogP contribution in [0.15, 0.2) is 38.9 Å². The molecule has 0 saturated heterocycles. The standard InChI is InChI=1S/C19H20N4O5S/c1-10(18(25)28-5)29-16-13-15(22(2)19(26)23(3)17(13)24)20-14(21-16)11-7-6-8-12(9-11)27-4/h6-10H,1-5H3/t10-/m1/s1. The van der Waals surface area contributed by atoms with Crippen molar-refractivity contribution < 1.29 is 14.3 Å². The van der Waals surface area contributed by atoms with Crippen LogP contribution < -0.4 is 16.0 Å². The summed E-state index contributed by atoms with van der Waals surface area (Å²) in [4.78, 5) is 46.1. The molecule has 152 valence electrons. The first-order valence-electron chi connectivity index (χ1n) is 8.65. The third-order valence-corrected chi connectivity index (χ3v) is 5.48. The Kier molecular flexibility index (Phi) is 5.73. The minimum atomic E-state index is -0.613. The number of fused-ring (bicyclic) bond motifs is 1. The SMILES string of the molecule is COC(=O)[C@@H](C)Sc1nc(-c2cccc(OC)c2)nc2c1c(=O)n(C)c(=O)n2C. The van der Waals surface area contributed by atoms with Gasteiger partial charge in [0.05, 0.1) is 14.2 Å². The van der Waals surface area contributed by atoms with Crippen molar-refractivity contribution in [1.82, 2.24) is 19.1 Å². The van der Waals surface area contributed by atoms with Crippen molar-refractivity contribution in [3.63, 3.8) is 0 Å². The van der Waals surface area contributed by atoms with Crippen LogP contribution in [0.4, 0.5) is 0 Å². The van der Waals surface area contributed by atoms with Gasteiger partial charge in [0.15, 0.2) is 11.5 Å². The van der Waals surface area contributed by atoms with Gasteiger partial charge in [-0.2, -0.15) is 0 Å². The summed E-state index contributed by atoms with van der Waals surface area (Å²) in [6.45, 7) is 1.65. The van der Waals surface area contributed by atoms with E-state index < -0.39 is 22.5 Å². The zero-order valence-electron chi connectivity index (χ0n) is 16.6. The fourth-order valence-corrected chi connectivity index (χ4v) is 3.75. The van der Waals surface area contributed by atoms with Crippen molar-refractivity contribution in [1.29, 1.82) is 0 Å². The Balaban J connectivity index is 2.34. The van der Waals surface area contributed by atoms with Gasteiger partial charge in [0.2, 0.25) is 0 Å². The molecule has 3 aromatic rings. The fourth-order valence-electron chi connectivity index (χ4n) is 2.79. The Hall–Kier alpha value is -3.14. The highest BCUT2D eigenvalue weighted by molar-refractivity contribution is 8.00. The molecular formula is C19H20N4O5S. The minimum absolute atomic E-state index is 0.169. The molecule has 3 rings (SSSR count). The normalized spacial score (nSPS) is 12.0. The highest BCUT2D eigenvalue weighted by atomic mass is 32.2. The number of methoxy groups -OCH3 is 2. The molecule has 0 radical (unpaired) electrons. The number of nitrogens with zero attached hydrogens (tertiary/aromatic N) is 4. The van der Waals surface area contributed by atoms with Crippen LogP contribution in [0.5, 0.6) is 5.75 Å². The maximum atomic E-state index is 12.8. The summed E-state index contributed by atoms with van der Waals surface area (Å²) in [5.74, 6) is 0.465. The number of esters is 1. The molecule has 0 aliphatic rings. The van der Waals surface area contributed by atoms with E-state index in [1.807, 2.05) is 0 Å². The Morgan fingerprint density at radius 3 is 2.52 bits per heavy atom. The smallest absolute Gasteiger partial charge is 0.332 e. The van der Waals surface area contributed by atoms with E-state index in [1.54, 1.807) is 38.3 Å². The number of rotatable bonds is 5. The van der Waals surface area contributed by atoms with E-state index in [0.29, 0.717) is 22.2 Å². The monoisotopic (exact) mass is 416 g/mol. The number of hydrogen-bond acceptors (Lipinski definition) is 8. The van der Waals surface area contributed by atoms with Gasteiger partial charge >= 0.3 is 11.7 Å². The highest BCUT2D eigenvalue weighted by Gasteiger charge is 2.23. The number of aromatic nitrogens is 4. The topological polar surface area (TPSA) is 105 Å².